The van der Waals surface area contributed by atoms with E-state index in [2.05, 4.69) is 20.9 Å². The Balaban J connectivity index is 1.36. The highest BCUT2D eigenvalue weighted by atomic mass is 19.1. The molecule has 148 valence electrons. The Labute approximate surface area is 164 Å². The molecule has 2 aromatic heterocycles. The van der Waals surface area contributed by atoms with Crippen molar-refractivity contribution >= 4 is 0 Å². The highest BCUT2D eigenvalue weighted by Gasteiger charge is 2.35. The van der Waals surface area contributed by atoms with Gasteiger partial charge in [-0.25, -0.2) is 4.39 Å². The summed E-state index contributed by atoms with van der Waals surface area (Å²) in [6.45, 7) is 6.05. The lowest BCUT2D eigenvalue weighted by Gasteiger charge is -2.43. The number of hydrogen-bond donors (Lipinski definition) is 0. The van der Waals surface area contributed by atoms with Crippen molar-refractivity contribution in [2.75, 3.05) is 26.2 Å². The molecule has 5 heterocycles. The van der Waals surface area contributed by atoms with E-state index in [-0.39, 0.29) is 11.4 Å². The molecule has 0 aromatic carbocycles. The smallest absolute Gasteiger partial charge is 0.255 e. The predicted octanol–water partition coefficient (Wildman–Crippen LogP) is 2.60. The number of aromatic nitrogens is 2. The molecule has 0 radical (unpaired) electrons. The molecule has 0 spiro atoms. The Kier molecular flexibility index (Phi) is 4.77. The zero-order valence-electron chi connectivity index (χ0n) is 16.2. The van der Waals surface area contributed by atoms with Crippen LogP contribution in [0, 0.1) is 11.7 Å². The topological polar surface area (TPSA) is 41.4 Å². The van der Waals surface area contributed by atoms with Crippen molar-refractivity contribution in [3.8, 4) is 0 Å². The lowest BCUT2D eigenvalue weighted by molar-refractivity contribution is 0.112. The van der Waals surface area contributed by atoms with Crippen LogP contribution in [0.2, 0.25) is 0 Å². The number of pyridine rings is 2. The number of fused-ring (bicyclic) bond motifs is 4. The second kappa shape index (κ2) is 7.41. The molecular formula is C22H27FN4O. The maximum Gasteiger partial charge on any atom is 0.255 e. The summed E-state index contributed by atoms with van der Waals surface area (Å²) in [5, 5.41) is 0. The van der Waals surface area contributed by atoms with Crippen molar-refractivity contribution in [2.45, 2.75) is 44.8 Å². The van der Waals surface area contributed by atoms with Gasteiger partial charge in [0, 0.05) is 56.1 Å². The number of likely N-dealkylation sites (tertiary alicyclic amines) is 2. The summed E-state index contributed by atoms with van der Waals surface area (Å²) < 4.78 is 16.0. The summed E-state index contributed by atoms with van der Waals surface area (Å²) in [7, 11) is 0. The SMILES string of the molecule is O=c1c(CN2CCCC2)ccc2n1C[C@H]1C[C@@H]2CN(Cc2ncccc2F)C1. The van der Waals surface area contributed by atoms with Crippen molar-refractivity contribution in [2.24, 2.45) is 5.92 Å². The fraction of sp³-hybridized carbons (Fsp3) is 0.545. The third kappa shape index (κ3) is 3.40. The number of rotatable bonds is 4. The van der Waals surface area contributed by atoms with E-state index in [1.54, 1.807) is 12.3 Å². The Morgan fingerprint density at radius 2 is 1.89 bits per heavy atom. The first-order valence-corrected chi connectivity index (χ1v) is 10.4. The third-order valence-corrected chi connectivity index (χ3v) is 6.56. The van der Waals surface area contributed by atoms with Gasteiger partial charge in [0.25, 0.3) is 5.56 Å². The molecule has 0 unspecified atom stereocenters. The van der Waals surface area contributed by atoms with Crippen molar-refractivity contribution in [3.05, 3.63) is 63.6 Å². The van der Waals surface area contributed by atoms with Gasteiger partial charge in [0.15, 0.2) is 0 Å². The Morgan fingerprint density at radius 1 is 1.04 bits per heavy atom. The van der Waals surface area contributed by atoms with Crippen molar-refractivity contribution in [1.82, 2.24) is 19.4 Å². The minimum atomic E-state index is -0.235. The van der Waals surface area contributed by atoms with Gasteiger partial charge in [-0.05, 0) is 56.5 Å². The monoisotopic (exact) mass is 382 g/mol. The molecule has 0 amide bonds. The van der Waals surface area contributed by atoms with Crippen molar-refractivity contribution in [3.63, 3.8) is 0 Å². The summed E-state index contributed by atoms with van der Waals surface area (Å²) in [5.41, 5.74) is 2.79. The highest BCUT2D eigenvalue weighted by molar-refractivity contribution is 5.22. The minimum Gasteiger partial charge on any atom is -0.312 e. The van der Waals surface area contributed by atoms with Gasteiger partial charge >= 0.3 is 0 Å². The lowest BCUT2D eigenvalue weighted by atomic mass is 9.83. The molecule has 5 rings (SSSR count). The number of hydrogen-bond acceptors (Lipinski definition) is 4. The Bertz CT molecular complexity index is 921. The molecule has 2 saturated heterocycles. The van der Waals surface area contributed by atoms with Crippen LogP contribution in [0.3, 0.4) is 0 Å². The van der Waals surface area contributed by atoms with Crippen molar-refractivity contribution < 1.29 is 4.39 Å². The average Bonchev–Trinajstić information content (AvgIpc) is 3.19. The van der Waals surface area contributed by atoms with E-state index in [1.165, 1.54) is 18.9 Å². The molecule has 3 aliphatic rings. The van der Waals surface area contributed by atoms with Crippen LogP contribution in [0.5, 0.6) is 0 Å². The molecule has 0 aliphatic carbocycles. The maximum atomic E-state index is 14.0. The Hall–Kier alpha value is -2.05. The third-order valence-electron chi connectivity index (χ3n) is 6.56. The summed E-state index contributed by atoms with van der Waals surface area (Å²) >= 11 is 0. The van der Waals surface area contributed by atoms with Gasteiger partial charge in [0.2, 0.25) is 0 Å². The highest BCUT2D eigenvalue weighted by Crippen LogP contribution is 2.35. The van der Waals surface area contributed by atoms with Gasteiger partial charge in [-0.3, -0.25) is 19.6 Å². The van der Waals surface area contributed by atoms with Crippen molar-refractivity contribution in [1.29, 1.82) is 0 Å². The standard InChI is InChI=1S/C22H27FN4O/c23-19-4-3-7-24-20(19)15-26-11-16-10-18(14-26)21-6-5-17(22(28)27(21)12-16)13-25-8-1-2-9-25/h3-7,16,18H,1-2,8-15H2/t16-,18+/m0/s1. The van der Waals surface area contributed by atoms with Gasteiger partial charge in [0.05, 0.1) is 5.69 Å². The van der Waals surface area contributed by atoms with E-state index < -0.39 is 0 Å². The van der Waals surface area contributed by atoms with E-state index in [1.807, 2.05) is 10.6 Å². The molecule has 5 nitrogen and oxygen atoms in total. The summed E-state index contributed by atoms with van der Waals surface area (Å²) in [5.74, 6) is 0.548. The molecule has 0 saturated carbocycles. The lowest BCUT2D eigenvalue weighted by Crippen LogP contribution is -2.47. The normalized spacial score (nSPS) is 25.0. The molecule has 6 heteroatoms. The van der Waals surface area contributed by atoms with Gasteiger partial charge < -0.3 is 4.57 Å². The van der Waals surface area contributed by atoms with Crippen LogP contribution in [0.25, 0.3) is 0 Å². The van der Waals surface area contributed by atoms with E-state index in [4.69, 9.17) is 0 Å². The molecule has 2 atom stereocenters. The quantitative estimate of drug-likeness (QED) is 0.815. The second-order valence-corrected chi connectivity index (χ2v) is 8.61. The number of nitrogens with zero attached hydrogens (tertiary/aromatic N) is 4. The molecule has 2 fully saturated rings. The zero-order valence-corrected chi connectivity index (χ0v) is 16.2. The van der Waals surface area contributed by atoms with Crippen LogP contribution >= 0.6 is 0 Å². The van der Waals surface area contributed by atoms with Crippen LogP contribution in [0.4, 0.5) is 4.39 Å². The maximum absolute atomic E-state index is 14.0. The van der Waals surface area contributed by atoms with E-state index in [9.17, 15) is 9.18 Å². The summed E-state index contributed by atoms with van der Waals surface area (Å²) in [6, 6.07) is 7.32. The zero-order chi connectivity index (χ0) is 19.1. The van der Waals surface area contributed by atoms with Gasteiger partial charge in [-0.2, -0.15) is 0 Å². The fourth-order valence-electron chi connectivity index (χ4n) is 5.27. The van der Waals surface area contributed by atoms with Crippen LogP contribution in [-0.2, 0) is 19.6 Å². The molecule has 3 aliphatic heterocycles. The Morgan fingerprint density at radius 3 is 2.71 bits per heavy atom. The van der Waals surface area contributed by atoms with Gasteiger partial charge in [-0.1, -0.05) is 6.07 Å². The molecular weight excluding hydrogens is 355 g/mol. The van der Waals surface area contributed by atoms with Crippen LogP contribution in [-0.4, -0.2) is 45.5 Å². The summed E-state index contributed by atoms with van der Waals surface area (Å²) in [6.07, 6.45) is 5.25. The largest absolute Gasteiger partial charge is 0.312 e. The molecule has 2 aromatic rings. The second-order valence-electron chi connectivity index (χ2n) is 8.61. The van der Waals surface area contributed by atoms with E-state index in [0.717, 1.165) is 56.9 Å². The minimum absolute atomic E-state index is 0.198. The van der Waals surface area contributed by atoms with E-state index >= 15 is 0 Å². The number of piperidine rings is 1. The molecule has 0 N–H and O–H groups in total. The predicted molar refractivity (Wildman–Crippen MR) is 106 cm³/mol. The van der Waals surface area contributed by atoms with Crippen LogP contribution < -0.4 is 5.56 Å². The number of halogens is 1. The first kappa shape index (κ1) is 18.0. The van der Waals surface area contributed by atoms with Gasteiger partial charge in [0.1, 0.15) is 5.82 Å². The molecule has 2 bridgehead atoms. The van der Waals surface area contributed by atoms with E-state index in [0.29, 0.717) is 24.1 Å². The van der Waals surface area contributed by atoms with Crippen LogP contribution in [0.1, 0.15) is 42.1 Å². The first-order valence-electron chi connectivity index (χ1n) is 10.4. The summed E-state index contributed by atoms with van der Waals surface area (Å²) in [4.78, 5) is 22.0. The van der Waals surface area contributed by atoms with Crippen LogP contribution in [0.15, 0.2) is 35.3 Å². The van der Waals surface area contributed by atoms with Gasteiger partial charge in [-0.15, -0.1) is 0 Å². The fourth-order valence-corrected chi connectivity index (χ4v) is 5.27. The first-order chi connectivity index (χ1) is 13.7. The molecule has 28 heavy (non-hydrogen) atoms. The average molecular weight is 382 g/mol.